The topological polar surface area (TPSA) is 81.1 Å². The number of benzene rings is 3. The van der Waals surface area contributed by atoms with Gasteiger partial charge in [0.15, 0.2) is 11.5 Å². The van der Waals surface area contributed by atoms with Crippen molar-refractivity contribution in [1.29, 1.82) is 0 Å². The molecule has 0 unspecified atom stereocenters. The average molecular weight is 493 g/mol. The number of rotatable bonds is 7. The number of ether oxygens (including phenoxy) is 3. The molecule has 0 bridgehead atoms. The third kappa shape index (κ3) is 4.95. The van der Waals surface area contributed by atoms with Gasteiger partial charge in [-0.2, -0.15) is 0 Å². The van der Waals surface area contributed by atoms with E-state index in [2.05, 4.69) is 4.98 Å². The summed E-state index contributed by atoms with van der Waals surface area (Å²) in [5.41, 5.74) is 3.75. The summed E-state index contributed by atoms with van der Waals surface area (Å²) < 4.78 is 17.1. The third-order valence-corrected chi connectivity index (χ3v) is 6.16. The molecule has 0 aliphatic heterocycles. The maximum Gasteiger partial charge on any atom is 0.412 e. The van der Waals surface area contributed by atoms with Gasteiger partial charge in [0.25, 0.3) is 0 Å². The Morgan fingerprint density at radius 3 is 2.26 bits per heavy atom. The highest BCUT2D eigenvalue weighted by Gasteiger charge is 2.20. The minimum atomic E-state index is -1.04. The molecule has 0 spiro atoms. The number of carbonyl (C=O) groups is 1. The third-order valence-electron chi connectivity index (χ3n) is 5.91. The molecule has 0 atom stereocenters. The Hall–Kier alpha value is -3.97. The molecule has 1 aromatic heterocycles. The Morgan fingerprint density at radius 1 is 0.914 bits per heavy atom. The lowest BCUT2D eigenvalue weighted by Crippen LogP contribution is -2.29. The minimum Gasteiger partial charge on any atom is -0.493 e. The number of pyridine rings is 1. The van der Waals surface area contributed by atoms with E-state index in [1.54, 1.807) is 56.8 Å². The van der Waals surface area contributed by atoms with E-state index in [9.17, 15) is 9.90 Å². The molecule has 4 rings (SSSR count). The number of halogens is 1. The molecule has 7 nitrogen and oxygen atoms in total. The molecule has 0 saturated carbocycles. The van der Waals surface area contributed by atoms with E-state index in [0.717, 1.165) is 22.1 Å². The summed E-state index contributed by atoms with van der Waals surface area (Å²) in [6.07, 6.45) is 0.621. The van der Waals surface area contributed by atoms with Crippen LogP contribution in [0, 0.1) is 13.8 Å². The number of hydrogen-bond donors (Lipinski definition) is 1. The van der Waals surface area contributed by atoms with Gasteiger partial charge in [0.05, 0.1) is 32.0 Å². The smallest absolute Gasteiger partial charge is 0.412 e. The summed E-state index contributed by atoms with van der Waals surface area (Å²) in [6.45, 7) is 3.99. The Balaban J connectivity index is 1.69. The monoisotopic (exact) mass is 492 g/mol. The van der Waals surface area contributed by atoms with Crippen LogP contribution in [0.3, 0.4) is 0 Å². The van der Waals surface area contributed by atoms with E-state index in [4.69, 9.17) is 25.8 Å². The largest absolute Gasteiger partial charge is 0.493 e. The number of amides is 1. The van der Waals surface area contributed by atoms with E-state index < -0.39 is 6.09 Å². The summed E-state index contributed by atoms with van der Waals surface area (Å²) >= 11 is 5.97. The zero-order valence-electron chi connectivity index (χ0n) is 19.8. The van der Waals surface area contributed by atoms with Crippen molar-refractivity contribution in [3.63, 3.8) is 0 Å². The first-order chi connectivity index (χ1) is 16.8. The highest BCUT2D eigenvalue weighted by atomic mass is 35.5. The molecule has 35 heavy (non-hydrogen) atoms. The molecule has 8 heteroatoms. The number of anilines is 1. The number of carboxylic acid groups (broad SMARTS) is 1. The van der Waals surface area contributed by atoms with Crippen LogP contribution in [0.5, 0.6) is 23.0 Å². The van der Waals surface area contributed by atoms with Gasteiger partial charge in [0, 0.05) is 22.7 Å². The molecule has 1 heterocycles. The van der Waals surface area contributed by atoms with E-state index in [1.807, 2.05) is 32.0 Å². The number of aromatic nitrogens is 1. The fourth-order valence-corrected chi connectivity index (χ4v) is 3.99. The van der Waals surface area contributed by atoms with Gasteiger partial charge in [-0.15, -0.1) is 0 Å². The van der Waals surface area contributed by atoms with Crippen LogP contribution in [0.2, 0.25) is 5.02 Å². The molecule has 180 valence electrons. The van der Waals surface area contributed by atoms with Crippen molar-refractivity contribution in [2.45, 2.75) is 20.4 Å². The van der Waals surface area contributed by atoms with Gasteiger partial charge in [-0.1, -0.05) is 23.7 Å². The van der Waals surface area contributed by atoms with Crippen LogP contribution in [0.1, 0.15) is 16.7 Å². The highest BCUT2D eigenvalue weighted by Crippen LogP contribution is 2.39. The summed E-state index contributed by atoms with van der Waals surface area (Å²) in [5, 5.41) is 11.3. The molecule has 1 N–H and O–H groups in total. The summed E-state index contributed by atoms with van der Waals surface area (Å²) in [5.74, 6) is 2.36. The van der Waals surface area contributed by atoms with Gasteiger partial charge in [-0.3, -0.25) is 9.88 Å². The molecule has 0 saturated heterocycles. The molecule has 0 fully saturated rings. The van der Waals surface area contributed by atoms with E-state index in [-0.39, 0.29) is 6.54 Å². The Kier molecular flexibility index (Phi) is 6.98. The predicted molar refractivity (Wildman–Crippen MR) is 136 cm³/mol. The Labute approximate surface area is 208 Å². The molecule has 1 amide bonds. The number of nitrogens with zero attached hydrogens (tertiary/aromatic N) is 2. The van der Waals surface area contributed by atoms with Crippen LogP contribution in [-0.4, -0.2) is 30.4 Å². The van der Waals surface area contributed by atoms with Crippen molar-refractivity contribution in [2.75, 3.05) is 19.1 Å². The summed E-state index contributed by atoms with van der Waals surface area (Å²) in [4.78, 5) is 17.8. The zero-order valence-corrected chi connectivity index (χ0v) is 20.6. The van der Waals surface area contributed by atoms with E-state index >= 15 is 0 Å². The van der Waals surface area contributed by atoms with Crippen molar-refractivity contribution >= 4 is 34.3 Å². The first-order valence-corrected chi connectivity index (χ1v) is 11.2. The van der Waals surface area contributed by atoms with Gasteiger partial charge in [0.1, 0.15) is 11.5 Å². The fourth-order valence-electron chi connectivity index (χ4n) is 3.87. The van der Waals surface area contributed by atoms with Gasteiger partial charge in [0.2, 0.25) is 0 Å². The summed E-state index contributed by atoms with van der Waals surface area (Å²) in [7, 11) is 3.15. The van der Waals surface area contributed by atoms with Gasteiger partial charge in [-0.25, -0.2) is 4.79 Å². The molecule has 4 aromatic rings. The minimum absolute atomic E-state index is 0.198. The highest BCUT2D eigenvalue weighted by molar-refractivity contribution is 6.30. The maximum atomic E-state index is 12.1. The van der Waals surface area contributed by atoms with Gasteiger partial charge in [-0.05, 0) is 66.9 Å². The predicted octanol–water partition coefficient (Wildman–Crippen LogP) is 7.00. The van der Waals surface area contributed by atoms with Crippen molar-refractivity contribution in [3.8, 4) is 23.0 Å². The molecule has 0 aliphatic rings. The van der Waals surface area contributed by atoms with Crippen molar-refractivity contribution in [1.82, 2.24) is 4.98 Å². The summed E-state index contributed by atoms with van der Waals surface area (Å²) in [6, 6.07) is 16.1. The van der Waals surface area contributed by atoms with Crippen LogP contribution in [0.25, 0.3) is 10.9 Å². The second-order valence-electron chi connectivity index (χ2n) is 7.96. The maximum absolute atomic E-state index is 12.1. The molecular weight excluding hydrogens is 468 g/mol. The van der Waals surface area contributed by atoms with Crippen LogP contribution < -0.4 is 19.1 Å². The first kappa shape index (κ1) is 24.2. The normalized spacial score (nSPS) is 10.8. The second-order valence-corrected chi connectivity index (χ2v) is 8.40. The lowest BCUT2D eigenvalue weighted by molar-refractivity contribution is 0.201. The molecular formula is C27H25ClN2O5. The standard InChI is InChI=1S/C27H25ClN2O5/c1-16-17(2)23(10-9-22(16)30(27(31)32)15-18-5-7-19(28)8-6-18)35-24-11-12-29-21-14-26(34-4)25(33-3)13-20(21)24/h5-14H,15H2,1-4H3,(H,31,32). The molecule has 0 aliphatic carbocycles. The van der Waals surface area contributed by atoms with Crippen molar-refractivity contribution in [3.05, 3.63) is 82.5 Å². The van der Waals surface area contributed by atoms with Crippen LogP contribution in [0.15, 0.2) is 60.8 Å². The molecule has 3 aromatic carbocycles. The van der Waals surface area contributed by atoms with Gasteiger partial charge >= 0.3 is 6.09 Å². The van der Waals surface area contributed by atoms with Crippen molar-refractivity contribution < 1.29 is 24.1 Å². The fraction of sp³-hybridized carbons (Fsp3) is 0.185. The first-order valence-electron chi connectivity index (χ1n) is 10.9. The van der Waals surface area contributed by atoms with E-state index in [0.29, 0.717) is 39.2 Å². The average Bonchev–Trinajstić information content (AvgIpc) is 2.86. The van der Waals surface area contributed by atoms with Gasteiger partial charge < -0.3 is 19.3 Å². The number of methoxy groups -OCH3 is 2. The molecule has 0 radical (unpaired) electrons. The quantitative estimate of drug-likeness (QED) is 0.299. The zero-order chi connectivity index (χ0) is 25.1. The lowest BCUT2D eigenvalue weighted by Gasteiger charge is -2.24. The SMILES string of the molecule is COc1cc2nccc(Oc3ccc(N(Cc4ccc(Cl)cc4)C(=O)O)c(C)c3C)c2cc1OC. The Bertz CT molecular complexity index is 1390. The van der Waals surface area contributed by atoms with Crippen LogP contribution >= 0.6 is 11.6 Å². The second kappa shape index (κ2) is 10.1. The number of fused-ring (bicyclic) bond motifs is 1. The lowest BCUT2D eigenvalue weighted by atomic mass is 10.1. The Morgan fingerprint density at radius 2 is 1.60 bits per heavy atom. The van der Waals surface area contributed by atoms with Crippen LogP contribution in [-0.2, 0) is 6.54 Å². The number of hydrogen-bond acceptors (Lipinski definition) is 5. The van der Waals surface area contributed by atoms with E-state index in [1.165, 1.54) is 4.90 Å². The van der Waals surface area contributed by atoms with Crippen molar-refractivity contribution in [2.24, 2.45) is 0 Å². The van der Waals surface area contributed by atoms with Crippen LogP contribution in [0.4, 0.5) is 10.5 Å².